The van der Waals surface area contributed by atoms with Crippen molar-refractivity contribution < 1.29 is 9.53 Å². The third-order valence-corrected chi connectivity index (χ3v) is 4.33. The van der Waals surface area contributed by atoms with E-state index in [9.17, 15) is 4.79 Å². The molecule has 19 heavy (non-hydrogen) atoms. The summed E-state index contributed by atoms with van der Waals surface area (Å²) in [5, 5.41) is 3.06. The van der Waals surface area contributed by atoms with Crippen molar-refractivity contribution in [1.29, 1.82) is 0 Å². The van der Waals surface area contributed by atoms with Gasteiger partial charge < -0.3 is 15.8 Å². The maximum atomic E-state index is 12.2. The Morgan fingerprint density at radius 3 is 2.37 bits per heavy atom. The molecule has 0 aliphatic carbocycles. The first-order chi connectivity index (χ1) is 8.85. The standard InChI is InChI=1S/C14H29N3O2/c1-5-14(4,10-15)12(18)16-11-13(2,3)17-6-8-19-9-7-17/h5-11,15H2,1-4H3,(H,16,18). The van der Waals surface area contributed by atoms with Crippen LogP contribution in [0.15, 0.2) is 0 Å². The number of morpholine rings is 1. The van der Waals surface area contributed by atoms with Crippen LogP contribution >= 0.6 is 0 Å². The maximum Gasteiger partial charge on any atom is 0.227 e. The molecule has 1 fully saturated rings. The molecule has 0 saturated carbocycles. The lowest BCUT2D eigenvalue weighted by Gasteiger charge is -2.41. The molecule has 1 saturated heterocycles. The van der Waals surface area contributed by atoms with E-state index in [0.717, 1.165) is 32.7 Å². The molecule has 0 spiro atoms. The van der Waals surface area contributed by atoms with Crippen LogP contribution in [0, 0.1) is 5.41 Å². The van der Waals surface area contributed by atoms with Gasteiger partial charge in [-0.15, -0.1) is 0 Å². The molecule has 0 aromatic carbocycles. The van der Waals surface area contributed by atoms with E-state index in [1.807, 2.05) is 13.8 Å². The average molecular weight is 271 g/mol. The van der Waals surface area contributed by atoms with Gasteiger partial charge in [-0.3, -0.25) is 9.69 Å². The van der Waals surface area contributed by atoms with Crippen molar-refractivity contribution >= 4 is 5.91 Å². The van der Waals surface area contributed by atoms with Crippen LogP contribution in [0.4, 0.5) is 0 Å². The van der Waals surface area contributed by atoms with E-state index in [-0.39, 0.29) is 11.4 Å². The summed E-state index contributed by atoms with van der Waals surface area (Å²) in [5.41, 5.74) is 5.20. The molecule has 1 unspecified atom stereocenters. The number of carbonyl (C=O) groups excluding carboxylic acids is 1. The van der Waals surface area contributed by atoms with E-state index in [1.165, 1.54) is 0 Å². The first kappa shape index (κ1) is 16.4. The normalized spacial score (nSPS) is 20.9. The third kappa shape index (κ3) is 4.16. The van der Waals surface area contributed by atoms with Crippen molar-refractivity contribution in [2.24, 2.45) is 11.1 Å². The molecular weight excluding hydrogens is 242 g/mol. The highest BCUT2D eigenvalue weighted by Gasteiger charge is 2.33. The van der Waals surface area contributed by atoms with E-state index in [0.29, 0.717) is 13.1 Å². The van der Waals surface area contributed by atoms with E-state index < -0.39 is 5.41 Å². The number of rotatable bonds is 6. The fourth-order valence-corrected chi connectivity index (χ4v) is 2.19. The number of nitrogens with one attached hydrogen (secondary N) is 1. The Kier molecular flexibility index (Phi) is 5.77. The number of nitrogens with zero attached hydrogens (tertiary/aromatic N) is 1. The molecule has 0 aromatic heterocycles. The topological polar surface area (TPSA) is 67.6 Å². The van der Waals surface area contributed by atoms with Gasteiger partial charge in [-0.1, -0.05) is 6.92 Å². The molecule has 0 bridgehead atoms. The van der Waals surface area contributed by atoms with Crippen LogP contribution < -0.4 is 11.1 Å². The van der Waals surface area contributed by atoms with Crippen LogP contribution in [-0.4, -0.2) is 55.7 Å². The van der Waals surface area contributed by atoms with Crippen LogP contribution in [0.3, 0.4) is 0 Å². The van der Waals surface area contributed by atoms with Crippen molar-refractivity contribution in [2.45, 2.75) is 39.7 Å². The summed E-state index contributed by atoms with van der Waals surface area (Å²) in [7, 11) is 0. The number of nitrogens with two attached hydrogens (primary N) is 1. The number of amides is 1. The Morgan fingerprint density at radius 2 is 1.89 bits per heavy atom. The summed E-state index contributed by atoms with van der Waals surface area (Å²) in [6, 6.07) is 0. The lowest BCUT2D eigenvalue weighted by molar-refractivity contribution is -0.130. The summed E-state index contributed by atoms with van der Waals surface area (Å²) in [4.78, 5) is 14.6. The lowest BCUT2D eigenvalue weighted by Crippen LogP contribution is -2.57. The van der Waals surface area contributed by atoms with E-state index in [2.05, 4.69) is 24.1 Å². The lowest BCUT2D eigenvalue weighted by atomic mass is 9.86. The second-order valence-corrected chi connectivity index (χ2v) is 6.21. The molecule has 1 atom stereocenters. The number of ether oxygens (including phenoxy) is 1. The SMILES string of the molecule is CCC(C)(CN)C(=O)NCC(C)(C)N1CCOCC1. The van der Waals surface area contributed by atoms with E-state index >= 15 is 0 Å². The second kappa shape index (κ2) is 6.68. The number of carbonyl (C=O) groups is 1. The Morgan fingerprint density at radius 1 is 1.32 bits per heavy atom. The van der Waals surface area contributed by atoms with Gasteiger partial charge in [0.1, 0.15) is 0 Å². The number of hydrogen-bond acceptors (Lipinski definition) is 4. The zero-order valence-corrected chi connectivity index (χ0v) is 12.8. The fourth-order valence-electron chi connectivity index (χ4n) is 2.19. The molecule has 1 heterocycles. The fraction of sp³-hybridized carbons (Fsp3) is 0.929. The second-order valence-electron chi connectivity index (χ2n) is 6.21. The molecule has 1 aliphatic rings. The van der Waals surface area contributed by atoms with Gasteiger partial charge in [-0.05, 0) is 27.2 Å². The first-order valence-electron chi connectivity index (χ1n) is 7.17. The number of hydrogen-bond donors (Lipinski definition) is 2. The van der Waals surface area contributed by atoms with Gasteiger partial charge in [-0.2, -0.15) is 0 Å². The van der Waals surface area contributed by atoms with Crippen molar-refractivity contribution in [3.63, 3.8) is 0 Å². The molecule has 3 N–H and O–H groups in total. The molecule has 0 radical (unpaired) electrons. The monoisotopic (exact) mass is 271 g/mol. The average Bonchev–Trinajstić information content (AvgIpc) is 2.44. The third-order valence-electron chi connectivity index (χ3n) is 4.33. The zero-order valence-electron chi connectivity index (χ0n) is 12.8. The Balaban J connectivity index is 2.52. The van der Waals surface area contributed by atoms with E-state index in [1.54, 1.807) is 0 Å². The first-order valence-corrected chi connectivity index (χ1v) is 7.17. The zero-order chi connectivity index (χ0) is 14.5. The van der Waals surface area contributed by atoms with Crippen molar-refractivity contribution in [2.75, 3.05) is 39.4 Å². The van der Waals surface area contributed by atoms with Gasteiger partial charge in [0.05, 0.1) is 18.6 Å². The molecule has 1 amide bonds. The summed E-state index contributed by atoms with van der Waals surface area (Å²) in [5.74, 6) is 0.0545. The molecule has 112 valence electrons. The van der Waals surface area contributed by atoms with Gasteiger partial charge >= 0.3 is 0 Å². The highest BCUT2D eigenvalue weighted by molar-refractivity contribution is 5.82. The summed E-state index contributed by atoms with van der Waals surface area (Å²) < 4.78 is 5.36. The Labute approximate surface area is 116 Å². The smallest absolute Gasteiger partial charge is 0.227 e. The van der Waals surface area contributed by atoms with Crippen LogP contribution in [0.2, 0.25) is 0 Å². The molecule has 5 heteroatoms. The molecule has 5 nitrogen and oxygen atoms in total. The van der Waals surface area contributed by atoms with E-state index in [4.69, 9.17) is 10.5 Å². The van der Waals surface area contributed by atoms with Gasteiger partial charge in [0, 0.05) is 31.7 Å². The minimum Gasteiger partial charge on any atom is -0.379 e. The van der Waals surface area contributed by atoms with Crippen LogP contribution in [0.25, 0.3) is 0 Å². The highest BCUT2D eigenvalue weighted by atomic mass is 16.5. The minimum absolute atomic E-state index is 0.0529. The maximum absolute atomic E-state index is 12.2. The predicted molar refractivity (Wildman–Crippen MR) is 76.9 cm³/mol. The summed E-state index contributed by atoms with van der Waals surface area (Å²) in [6.45, 7) is 12.6. The van der Waals surface area contributed by atoms with Gasteiger partial charge in [0.2, 0.25) is 5.91 Å². The molecule has 0 aromatic rings. The van der Waals surface area contributed by atoms with Crippen molar-refractivity contribution in [3.8, 4) is 0 Å². The van der Waals surface area contributed by atoms with Gasteiger partial charge in [0.25, 0.3) is 0 Å². The van der Waals surface area contributed by atoms with Crippen LogP contribution in [0.5, 0.6) is 0 Å². The van der Waals surface area contributed by atoms with Crippen molar-refractivity contribution in [3.05, 3.63) is 0 Å². The van der Waals surface area contributed by atoms with Crippen LogP contribution in [-0.2, 0) is 9.53 Å². The molecular formula is C14H29N3O2. The largest absolute Gasteiger partial charge is 0.379 e. The minimum atomic E-state index is -0.457. The predicted octanol–water partition coefficient (Wildman–Crippen LogP) is 0.588. The van der Waals surface area contributed by atoms with Gasteiger partial charge in [0.15, 0.2) is 0 Å². The Hall–Kier alpha value is -0.650. The molecule has 1 rings (SSSR count). The summed E-state index contributed by atoms with van der Waals surface area (Å²) >= 11 is 0. The van der Waals surface area contributed by atoms with Crippen molar-refractivity contribution in [1.82, 2.24) is 10.2 Å². The van der Waals surface area contributed by atoms with Gasteiger partial charge in [-0.25, -0.2) is 0 Å². The molecule has 1 aliphatic heterocycles. The Bertz CT molecular complexity index is 295. The highest BCUT2D eigenvalue weighted by Crippen LogP contribution is 2.20. The van der Waals surface area contributed by atoms with Crippen LogP contribution in [0.1, 0.15) is 34.1 Å². The summed E-state index contributed by atoms with van der Waals surface area (Å²) in [6.07, 6.45) is 0.757. The quantitative estimate of drug-likeness (QED) is 0.742.